The van der Waals surface area contributed by atoms with Gasteiger partial charge in [0.15, 0.2) is 0 Å². The van der Waals surface area contributed by atoms with Gasteiger partial charge in [0.25, 0.3) is 0 Å². The molecule has 0 heterocycles. The molecule has 2 atom stereocenters. The fourth-order valence-electron chi connectivity index (χ4n) is 2.15. The summed E-state index contributed by atoms with van der Waals surface area (Å²) in [5, 5.41) is 0. The van der Waals surface area contributed by atoms with Crippen LogP contribution in [0.5, 0.6) is 0 Å². The van der Waals surface area contributed by atoms with Crippen LogP contribution >= 0.6 is 0 Å². The van der Waals surface area contributed by atoms with Gasteiger partial charge in [-0.25, -0.2) is 0 Å². The predicted octanol–water partition coefficient (Wildman–Crippen LogP) is 4.07. The van der Waals surface area contributed by atoms with Gasteiger partial charge in [0.2, 0.25) is 0 Å². The molecule has 1 heteroatoms. The van der Waals surface area contributed by atoms with Crippen LogP contribution in [0, 0.1) is 5.92 Å². The summed E-state index contributed by atoms with van der Waals surface area (Å²) in [6.07, 6.45) is 5.37. The first-order valence-corrected chi connectivity index (χ1v) is 12.6. The number of hydrogen-bond donors (Lipinski definition) is 0. The van der Waals surface area contributed by atoms with Crippen LogP contribution in [-0.2, 0) is 0 Å². The molecule has 1 aliphatic carbocycles. The molecule has 0 aromatic carbocycles. The Morgan fingerprint density at radius 3 is 2.33 bits per heavy atom. The van der Waals surface area contributed by atoms with Crippen LogP contribution in [0.3, 0.4) is 0 Å². The van der Waals surface area contributed by atoms with E-state index in [1.807, 2.05) is 0 Å². The Hall–Kier alpha value is 0.283. The molecule has 1 aliphatic rings. The second-order valence-corrected chi connectivity index (χ2v) is 17.0. The Morgan fingerprint density at radius 1 is 1.33 bits per heavy atom. The Morgan fingerprint density at radius 2 is 1.92 bits per heavy atom. The Kier molecular flexibility index (Phi) is 3.08. The third-order valence-electron chi connectivity index (χ3n) is 2.92. The first-order valence-electron chi connectivity index (χ1n) is 5.07. The van der Waals surface area contributed by atoms with E-state index in [9.17, 15) is 0 Å². The fraction of sp³-hybridized carbons (Fsp3) is 0.818. The summed E-state index contributed by atoms with van der Waals surface area (Å²) in [6, 6.07) is 0. The molecule has 0 fully saturated rings. The summed E-state index contributed by atoms with van der Waals surface area (Å²) < 4.78 is 0.980. The monoisotopic (exact) mass is 228 g/mol. The average Bonchev–Trinajstić information content (AvgIpc) is 1.82. The van der Waals surface area contributed by atoms with E-state index < -0.39 is 13.3 Å². The summed E-state index contributed by atoms with van der Waals surface area (Å²) in [4.78, 5) is 0. The molecule has 0 spiro atoms. The molecule has 12 heavy (non-hydrogen) atoms. The molecule has 0 aromatic heterocycles. The molecular weight excluding hydrogens is 205 g/mol. The van der Waals surface area contributed by atoms with Crippen LogP contribution in [-0.4, -0.2) is 13.3 Å². The second kappa shape index (κ2) is 3.57. The molecule has 0 saturated carbocycles. The van der Waals surface area contributed by atoms with Crippen LogP contribution < -0.4 is 0 Å². The van der Waals surface area contributed by atoms with Crippen LogP contribution in [0.4, 0.5) is 0 Å². The first kappa shape index (κ1) is 10.4. The number of rotatable bonds is 1. The van der Waals surface area contributed by atoms with Gasteiger partial charge in [0, 0.05) is 0 Å². The fourth-order valence-corrected chi connectivity index (χ4v) is 6.12. The SMILES string of the molecule is CC1=C[C@@H]([Ge]([CH3])([CH3])[CH3])C[C@@H](C)C1. The van der Waals surface area contributed by atoms with Crippen molar-refractivity contribution in [2.75, 3.05) is 0 Å². The van der Waals surface area contributed by atoms with Gasteiger partial charge in [-0.05, 0) is 0 Å². The number of allylic oxidation sites excluding steroid dienone is 2. The Balaban J connectivity index is 2.73. The van der Waals surface area contributed by atoms with Crippen LogP contribution in [0.1, 0.15) is 26.7 Å². The normalized spacial score (nSPS) is 31.6. The van der Waals surface area contributed by atoms with Crippen molar-refractivity contribution in [3.63, 3.8) is 0 Å². The third-order valence-corrected chi connectivity index (χ3v) is 8.44. The molecule has 0 bridgehead atoms. The summed E-state index contributed by atoms with van der Waals surface area (Å²) >= 11 is -1.40. The van der Waals surface area contributed by atoms with Crippen LogP contribution in [0.15, 0.2) is 11.6 Å². The molecule has 70 valence electrons. The van der Waals surface area contributed by atoms with E-state index in [1.165, 1.54) is 12.8 Å². The van der Waals surface area contributed by atoms with E-state index in [0.717, 1.165) is 10.7 Å². The maximum atomic E-state index is 2.57. The number of hydrogen-bond acceptors (Lipinski definition) is 0. The van der Waals surface area contributed by atoms with Crippen LogP contribution in [0.2, 0.25) is 22.0 Å². The van der Waals surface area contributed by atoms with Crippen molar-refractivity contribution >= 4 is 13.3 Å². The quantitative estimate of drug-likeness (QED) is 0.467. The van der Waals surface area contributed by atoms with Crippen molar-refractivity contribution in [1.29, 1.82) is 0 Å². The van der Waals surface area contributed by atoms with Gasteiger partial charge in [-0.1, -0.05) is 0 Å². The van der Waals surface area contributed by atoms with Crippen LogP contribution in [0.25, 0.3) is 0 Å². The van der Waals surface area contributed by atoms with Crippen molar-refractivity contribution < 1.29 is 0 Å². The van der Waals surface area contributed by atoms with Gasteiger partial charge in [-0.2, -0.15) is 0 Å². The van der Waals surface area contributed by atoms with E-state index in [-0.39, 0.29) is 0 Å². The first-order chi connectivity index (χ1) is 5.39. The van der Waals surface area contributed by atoms with E-state index >= 15 is 0 Å². The average molecular weight is 227 g/mol. The van der Waals surface area contributed by atoms with Gasteiger partial charge >= 0.3 is 79.5 Å². The van der Waals surface area contributed by atoms with Gasteiger partial charge in [0.1, 0.15) is 0 Å². The topological polar surface area (TPSA) is 0 Å². The zero-order valence-electron chi connectivity index (χ0n) is 9.15. The van der Waals surface area contributed by atoms with Crippen molar-refractivity contribution in [2.45, 2.75) is 48.7 Å². The van der Waals surface area contributed by atoms with Gasteiger partial charge in [0.05, 0.1) is 0 Å². The zero-order chi connectivity index (χ0) is 9.35. The molecule has 0 saturated heterocycles. The second-order valence-electron chi connectivity index (χ2n) is 5.53. The molecule has 0 N–H and O–H groups in total. The molecule has 0 nitrogen and oxygen atoms in total. The molecule has 0 aliphatic heterocycles. The van der Waals surface area contributed by atoms with Gasteiger partial charge in [-0.3, -0.25) is 0 Å². The summed E-state index contributed by atoms with van der Waals surface area (Å²) in [5.41, 5.74) is 1.64. The van der Waals surface area contributed by atoms with E-state index in [0.29, 0.717) is 0 Å². The minimum atomic E-state index is -1.40. The molecule has 1 rings (SSSR count). The van der Waals surface area contributed by atoms with E-state index in [1.54, 1.807) is 5.57 Å². The Labute approximate surface area is 79.8 Å². The van der Waals surface area contributed by atoms with Crippen molar-refractivity contribution in [3.8, 4) is 0 Å². The summed E-state index contributed by atoms with van der Waals surface area (Å²) in [6.45, 7) is 4.70. The Bertz CT molecular complexity index is 186. The standard InChI is InChI=1S/C11H22Ge/c1-9-6-10(2)8-11(7-9)12(3,4)5/h7,10-11H,6,8H2,1-5H3/t10-,11+/m0/s1. The van der Waals surface area contributed by atoms with Gasteiger partial charge in [-0.15, -0.1) is 0 Å². The van der Waals surface area contributed by atoms with Crippen molar-refractivity contribution in [1.82, 2.24) is 0 Å². The molecule has 0 unspecified atom stereocenters. The molecule has 0 aromatic rings. The summed E-state index contributed by atoms with van der Waals surface area (Å²) in [5.74, 6) is 8.54. The predicted molar refractivity (Wildman–Crippen MR) is 59.3 cm³/mol. The molecular formula is C11H22Ge. The van der Waals surface area contributed by atoms with Crippen molar-refractivity contribution in [2.24, 2.45) is 5.92 Å². The molecule has 0 amide bonds. The zero-order valence-corrected chi connectivity index (χ0v) is 11.2. The maximum absolute atomic E-state index is 2.57. The van der Waals surface area contributed by atoms with E-state index in [2.05, 4.69) is 37.2 Å². The molecule has 0 radical (unpaired) electrons. The summed E-state index contributed by atoms with van der Waals surface area (Å²) in [7, 11) is 0. The van der Waals surface area contributed by atoms with Gasteiger partial charge < -0.3 is 0 Å². The van der Waals surface area contributed by atoms with Crippen molar-refractivity contribution in [3.05, 3.63) is 11.6 Å². The minimum absolute atomic E-state index is 0.935. The third kappa shape index (κ3) is 2.65. The van der Waals surface area contributed by atoms with E-state index in [4.69, 9.17) is 0 Å².